The van der Waals surface area contributed by atoms with Crippen LogP contribution in [0.3, 0.4) is 0 Å². The SMILES string of the molecule is CCSc1ccccc1NS(=O)(=O)c1cc(Br)ccc1Br. The molecule has 0 atom stereocenters. The van der Waals surface area contributed by atoms with Crippen molar-refractivity contribution in [2.24, 2.45) is 0 Å². The van der Waals surface area contributed by atoms with E-state index < -0.39 is 10.0 Å². The topological polar surface area (TPSA) is 46.2 Å². The van der Waals surface area contributed by atoms with Crippen LogP contribution in [-0.2, 0) is 10.0 Å². The zero-order valence-corrected chi connectivity index (χ0v) is 15.9. The van der Waals surface area contributed by atoms with Crippen molar-refractivity contribution in [1.82, 2.24) is 0 Å². The molecule has 0 spiro atoms. The predicted molar refractivity (Wildman–Crippen MR) is 95.5 cm³/mol. The summed E-state index contributed by atoms with van der Waals surface area (Å²) in [5, 5.41) is 0. The fourth-order valence-electron chi connectivity index (χ4n) is 1.72. The van der Waals surface area contributed by atoms with Crippen LogP contribution in [0.1, 0.15) is 6.92 Å². The van der Waals surface area contributed by atoms with Gasteiger partial charge in [-0.2, -0.15) is 0 Å². The predicted octanol–water partition coefficient (Wildman–Crippen LogP) is 5.12. The van der Waals surface area contributed by atoms with E-state index in [1.807, 2.05) is 25.1 Å². The lowest BCUT2D eigenvalue weighted by Gasteiger charge is -2.13. The Hall–Kier alpha value is -0.500. The van der Waals surface area contributed by atoms with E-state index in [0.29, 0.717) is 14.6 Å². The molecule has 2 rings (SSSR count). The van der Waals surface area contributed by atoms with Crippen LogP contribution < -0.4 is 4.72 Å². The Balaban J connectivity index is 2.40. The molecule has 0 aromatic heterocycles. The van der Waals surface area contributed by atoms with Gasteiger partial charge in [-0.1, -0.05) is 35.0 Å². The highest BCUT2D eigenvalue weighted by molar-refractivity contribution is 9.11. The van der Waals surface area contributed by atoms with Crippen molar-refractivity contribution >= 4 is 59.3 Å². The highest BCUT2D eigenvalue weighted by atomic mass is 79.9. The summed E-state index contributed by atoms with van der Waals surface area (Å²) in [6, 6.07) is 12.4. The van der Waals surface area contributed by atoms with Crippen LogP contribution in [0, 0.1) is 0 Å². The summed E-state index contributed by atoms with van der Waals surface area (Å²) < 4.78 is 29.0. The fourth-order valence-corrected chi connectivity index (χ4v) is 5.12. The lowest BCUT2D eigenvalue weighted by Crippen LogP contribution is -2.14. The summed E-state index contributed by atoms with van der Waals surface area (Å²) in [6.45, 7) is 2.03. The first-order valence-corrected chi connectivity index (χ1v) is 10.2. The molecule has 0 saturated heterocycles. The van der Waals surface area contributed by atoms with Crippen molar-refractivity contribution in [2.45, 2.75) is 16.7 Å². The molecule has 1 N–H and O–H groups in total. The van der Waals surface area contributed by atoms with Gasteiger partial charge in [-0.15, -0.1) is 11.8 Å². The second-order valence-corrected chi connectivity index (χ2v) is 8.84. The molecular formula is C14H13Br2NO2S2. The van der Waals surface area contributed by atoms with Crippen molar-refractivity contribution in [2.75, 3.05) is 10.5 Å². The van der Waals surface area contributed by atoms with Crippen molar-refractivity contribution in [3.63, 3.8) is 0 Å². The zero-order chi connectivity index (χ0) is 15.5. The molecular weight excluding hydrogens is 438 g/mol. The van der Waals surface area contributed by atoms with Gasteiger partial charge in [0.2, 0.25) is 0 Å². The zero-order valence-electron chi connectivity index (χ0n) is 11.1. The van der Waals surface area contributed by atoms with Crippen molar-refractivity contribution in [3.05, 3.63) is 51.4 Å². The van der Waals surface area contributed by atoms with E-state index in [2.05, 4.69) is 36.6 Å². The molecule has 0 saturated carbocycles. The van der Waals surface area contributed by atoms with Crippen LogP contribution in [0.25, 0.3) is 0 Å². The fraction of sp³-hybridized carbons (Fsp3) is 0.143. The van der Waals surface area contributed by atoms with Gasteiger partial charge in [0.25, 0.3) is 10.0 Å². The van der Waals surface area contributed by atoms with Gasteiger partial charge in [0.05, 0.1) is 5.69 Å². The van der Waals surface area contributed by atoms with E-state index in [0.717, 1.165) is 10.6 Å². The maximum atomic E-state index is 12.6. The molecule has 3 nitrogen and oxygen atoms in total. The molecule has 0 aliphatic heterocycles. The molecule has 0 bridgehead atoms. The first kappa shape index (κ1) is 16.9. The third kappa shape index (κ3) is 4.25. The minimum atomic E-state index is -3.65. The van der Waals surface area contributed by atoms with E-state index in [4.69, 9.17) is 0 Å². The van der Waals surface area contributed by atoms with Crippen LogP contribution in [0.2, 0.25) is 0 Å². The van der Waals surface area contributed by atoms with Crippen molar-refractivity contribution in [3.8, 4) is 0 Å². The van der Waals surface area contributed by atoms with Gasteiger partial charge in [-0.05, 0) is 52.0 Å². The second kappa shape index (κ2) is 7.17. The second-order valence-electron chi connectivity index (χ2n) is 4.11. The average Bonchev–Trinajstić information content (AvgIpc) is 2.43. The molecule has 0 fully saturated rings. The van der Waals surface area contributed by atoms with Gasteiger partial charge in [-0.25, -0.2) is 8.42 Å². The third-order valence-electron chi connectivity index (χ3n) is 2.61. The van der Waals surface area contributed by atoms with Crippen molar-refractivity contribution in [1.29, 1.82) is 0 Å². The van der Waals surface area contributed by atoms with Crippen LogP contribution in [-0.4, -0.2) is 14.2 Å². The molecule has 0 aliphatic carbocycles. The van der Waals surface area contributed by atoms with E-state index in [1.54, 1.807) is 36.0 Å². The van der Waals surface area contributed by atoms with Gasteiger partial charge in [0.15, 0.2) is 0 Å². The first-order valence-electron chi connectivity index (χ1n) is 6.13. The van der Waals surface area contributed by atoms with Crippen LogP contribution in [0.4, 0.5) is 5.69 Å². The van der Waals surface area contributed by atoms with Gasteiger partial charge in [0, 0.05) is 13.8 Å². The Labute approximate surface area is 145 Å². The molecule has 2 aromatic rings. The Morgan fingerprint density at radius 1 is 1.14 bits per heavy atom. The summed E-state index contributed by atoms with van der Waals surface area (Å²) in [6.07, 6.45) is 0. The molecule has 0 amide bonds. The van der Waals surface area contributed by atoms with E-state index >= 15 is 0 Å². The normalized spacial score (nSPS) is 11.4. The minimum Gasteiger partial charge on any atom is -0.278 e. The molecule has 0 aliphatic rings. The molecule has 21 heavy (non-hydrogen) atoms. The lowest BCUT2D eigenvalue weighted by atomic mass is 10.3. The van der Waals surface area contributed by atoms with Crippen LogP contribution in [0.5, 0.6) is 0 Å². The smallest absolute Gasteiger partial charge is 0.263 e. The summed E-state index contributed by atoms with van der Waals surface area (Å²) in [4.78, 5) is 1.11. The lowest BCUT2D eigenvalue weighted by molar-refractivity contribution is 0.600. The maximum Gasteiger partial charge on any atom is 0.263 e. The average molecular weight is 451 g/mol. The van der Waals surface area contributed by atoms with E-state index in [-0.39, 0.29) is 4.90 Å². The van der Waals surface area contributed by atoms with Gasteiger partial charge in [-0.3, -0.25) is 4.72 Å². The molecule has 0 unspecified atom stereocenters. The number of nitrogens with one attached hydrogen (secondary N) is 1. The number of sulfonamides is 1. The van der Waals surface area contributed by atoms with E-state index in [1.165, 1.54) is 0 Å². The highest BCUT2D eigenvalue weighted by Crippen LogP contribution is 2.31. The number of hydrogen-bond donors (Lipinski definition) is 1. The van der Waals surface area contributed by atoms with Crippen LogP contribution >= 0.6 is 43.6 Å². The summed E-state index contributed by atoms with van der Waals surface area (Å²) in [5.41, 5.74) is 0.594. The molecule has 7 heteroatoms. The Morgan fingerprint density at radius 3 is 2.57 bits per heavy atom. The summed E-state index contributed by atoms with van der Waals surface area (Å²) >= 11 is 8.18. The summed E-state index contributed by atoms with van der Waals surface area (Å²) in [5.74, 6) is 0.874. The Morgan fingerprint density at radius 2 is 1.86 bits per heavy atom. The number of thioether (sulfide) groups is 1. The number of para-hydroxylation sites is 1. The number of rotatable bonds is 5. The van der Waals surface area contributed by atoms with Gasteiger partial charge < -0.3 is 0 Å². The number of halogens is 2. The van der Waals surface area contributed by atoms with Crippen molar-refractivity contribution < 1.29 is 8.42 Å². The Kier molecular flexibility index (Phi) is 5.76. The minimum absolute atomic E-state index is 0.202. The van der Waals surface area contributed by atoms with E-state index in [9.17, 15) is 8.42 Å². The number of hydrogen-bond acceptors (Lipinski definition) is 3. The standard InChI is InChI=1S/C14H13Br2NO2S2/c1-2-20-13-6-4-3-5-12(13)17-21(18,19)14-9-10(15)7-8-11(14)16/h3-9,17H,2H2,1H3. The molecule has 0 radical (unpaired) electrons. The number of benzene rings is 2. The summed E-state index contributed by atoms with van der Waals surface area (Å²) in [7, 11) is -3.65. The molecule has 112 valence electrons. The monoisotopic (exact) mass is 449 g/mol. The maximum absolute atomic E-state index is 12.6. The first-order chi connectivity index (χ1) is 9.94. The largest absolute Gasteiger partial charge is 0.278 e. The van der Waals surface area contributed by atoms with Gasteiger partial charge >= 0.3 is 0 Å². The highest BCUT2D eigenvalue weighted by Gasteiger charge is 2.19. The Bertz CT molecular complexity index is 748. The van der Waals surface area contributed by atoms with Gasteiger partial charge in [0.1, 0.15) is 4.90 Å². The third-order valence-corrected chi connectivity index (χ3v) is 6.42. The molecule has 2 aromatic carbocycles. The quantitative estimate of drug-likeness (QED) is 0.642. The van der Waals surface area contributed by atoms with Crippen LogP contribution in [0.15, 0.2) is 61.2 Å². The molecule has 0 heterocycles. The number of anilines is 1.